The summed E-state index contributed by atoms with van der Waals surface area (Å²) in [6.07, 6.45) is 4.95. The van der Waals surface area contributed by atoms with Crippen molar-refractivity contribution >= 4 is 46.2 Å². The van der Waals surface area contributed by atoms with E-state index in [2.05, 4.69) is 10.3 Å². The summed E-state index contributed by atoms with van der Waals surface area (Å²) in [5, 5.41) is 2.34. The van der Waals surface area contributed by atoms with E-state index < -0.39 is 0 Å². The Kier molecular flexibility index (Phi) is 2.61. The van der Waals surface area contributed by atoms with Crippen LogP contribution in [0.3, 0.4) is 0 Å². The number of rotatable bonds is 1. The Labute approximate surface area is 111 Å². The van der Waals surface area contributed by atoms with E-state index in [1.807, 2.05) is 6.07 Å². The Morgan fingerprint density at radius 2 is 2.22 bits per heavy atom. The maximum atomic E-state index is 11.4. The van der Waals surface area contributed by atoms with E-state index in [1.54, 1.807) is 28.9 Å². The number of hydrogen-bond donors (Lipinski definition) is 1. The molecule has 1 fully saturated rings. The van der Waals surface area contributed by atoms with Crippen LogP contribution < -0.4 is 5.32 Å². The number of imidazole rings is 1. The highest BCUT2D eigenvalue weighted by Crippen LogP contribution is 2.25. The van der Waals surface area contributed by atoms with Gasteiger partial charge in [-0.1, -0.05) is 11.6 Å². The summed E-state index contributed by atoms with van der Waals surface area (Å²) in [4.78, 5) is 26.9. The average Bonchev–Trinajstić information content (AvgIpc) is 2.84. The number of nitrogens with zero attached hydrogens (tertiary/aromatic N) is 2. The molecule has 1 aliphatic rings. The fraction of sp³-hybridized carbons (Fsp3) is 0. The van der Waals surface area contributed by atoms with Crippen LogP contribution in [0.2, 0.25) is 5.15 Å². The first-order valence-electron chi connectivity index (χ1n) is 5.01. The Morgan fingerprint density at radius 1 is 1.39 bits per heavy atom. The summed E-state index contributed by atoms with van der Waals surface area (Å²) in [7, 11) is 0. The number of thioether (sulfide) groups is 1. The van der Waals surface area contributed by atoms with Gasteiger partial charge < -0.3 is 0 Å². The van der Waals surface area contributed by atoms with E-state index >= 15 is 0 Å². The molecule has 2 aromatic rings. The number of carbonyl (C=O) groups excluding carboxylic acids is 2. The molecular weight excluding hydrogens is 274 g/mol. The quantitative estimate of drug-likeness (QED) is 0.814. The van der Waals surface area contributed by atoms with Gasteiger partial charge in [-0.25, -0.2) is 4.98 Å². The number of fused-ring (bicyclic) bond motifs is 1. The normalized spacial score (nSPS) is 17.7. The minimum Gasteiger partial charge on any atom is -0.290 e. The van der Waals surface area contributed by atoms with E-state index in [-0.39, 0.29) is 11.1 Å². The van der Waals surface area contributed by atoms with Crippen molar-refractivity contribution in [1.29, 1.82) is 0 Å². The molecule has 1 N–H and O–H groups in total. The first-order chi connectivity index (χ1) is 8.63. The third-order valence-electron chi connectivity index (χ3n) is 2.42. The van der Waals surface area contributed by atoms with Crippen LogP contribution in [0.4, 0.5) is 4.79 Å². The van der Waals surface area contributed by atoms with E-state index in [0.717, 1.165) is 23.0 Å². The van der Waals surface area contributed by atoms with Crippen molar-refractivity contribution in [2.45, 2.75) is 0 Å². The number of imide groups is 1. The standard InChI is InChI=1S/C11H6ClN3O2S/c12-8-4-13-9-2-1-6(5-15(8)9)3-7-10(16)14-11(17)18-7/h1-5H,(H,14,16,17). The molecule has 0 spiro atoms. The van der Waals surface area contributed by atoms with Crippen molar-refractivity contribution in [3.63, 3.8) is 0 Å². The van der Waals surface area contributed by atoms with Crippen LogP contribution in [0, 0.1) is 0 Å². The van der Waals surface area contributed by atoms with Gasteiger partial charge in [0.05, 0.1) is 11.1 Å². The topological polar surface area (TPSA) is 63.5 Å². The van der Waals surface area contributed by atoms with Crippen LogP contribution >= 0.6 is 23.4 Å². The molecule has 0 radical (unpaired) electrons. The highest BCUT2D eigenvalue weighted by Gasteiger charge is 2.24. The molecule has 7 heteroatoms. The van der Waals surface area contributed by atoms with E-state index in [1.165, 1.54) is 0 Å². The third kappa shape index (κ3) is 1.89. The van der Waals surface area contributed by atoms with Crippen LogP contribution in [0.5, 0.6) is 0 Å². The van der Waals surface area contributed by atoms with E-state index in [9.17, 15) is 9.59 Å². The van der Waals surface area contributed by atoms with Crippen LogP contribution in [0.25, 0.3) is 11.7 Å². The lowest BCUT2D eigenvalue weighted by molar-refractivity contribution is -0.115. The zero-order valence-corrected chi connectivity index (χ0v) is 10.5. The maximum Gasteiger partial charge on any atom is 0.290 e. The summed E-state index contributed by atoms with van der Waals surface area (Å²) in [5.41, 5.74) is 1.50. The summed E-state index contributed by atoms with van der Waals surface area (Å²) >= 11 is 6.84. The highest BCUT2D eigenvalue weighted by molar-refractivity contribution is 8.18. The molecule has 1 aliphatic heterocycles. The molecule has 0 unspecified atom stereocenters. The zero-order chi connectivity index (χ0) is 12.7. The number of nitrogens with one attached hydrogen (secondary N) is 1. The molecule has 2 aromatic heterocycles. The van der Waals surface area contributed by atoms with Gasteiger partial charge in [0.1, 0.15) is 10.8 Å². The summed E-state index contributed by atoms with van der Waals surface area (Å²) in [5.74, 6) is -0.373. The van der Waals surface area contributed by atoms with Crippen LogP contribution in [0.15, 0.2) is 29.4 Å². The number of hydrogen-bond acceptors (Lipinski definition) is 4. The van der Waals surface area contributed by atoms with Crippen molar-refractivity contribution in [3.05, 3.63) is 40.1 Å². The number of halogens is 1. The van der Waals surface area contributed by atoms with Crippen molar-refractivity contribution in [1.82, 2.24) is 14.7 Å². The van der Waals surface area contributed by atoms with Gasteiger partial charge in [0.2, 0.25) is 0 Å². The van der Waals surface area contributed by atoms with Gasteiger partial charge in [-0.15, -0.1) is 0 Å². The molecule has 0 bridgehead atoms. The van der Waals surface area contributed by atoms with Crippen molar-refractivity contribution in [3.8, 4) is 0 Å². The SMILES string of the molecule is O=C1NC(=O)C(=Cc2ccc3ncc(Cl)n3c2)S1. The number of pyridine rings is 1. The van der Waals surface area contributed by atoms with Gasteiger partial charge in [0, 0.05) is 6.20 Å². The molecule has 5 nitrogen and oxygen atoms in total. The largest absolute Gasteiger partial charge is 0.290 e. The molecule has 1 saturated heterocycles. The maximum absolute atomic E-state index is 11.4. The molecule has 0 saturated carbocycles. The number of amides is 2. The fourth-order valence-corrected chi connectivity index (χ4v) is 2.49. The Bertz CT molecular complexity index is 707. The predicted octanol–water partition coefficient (Wildman–Crippen LogP) is 2.31. The second-order valence-corrected chi connectivity index (χ2v) is 5.03. The van der Waals surface area contributed by atoms with Gasteiger partial charge in [0.25, 0.3) is 11.1 Å². The van der Waals surface area contributed by atoms with Crippen molar-refractivity contribution < 1.29 is 9.59 Å². The average molecular weight is 280 g/mol. The number of aromatic nitrogens is 2. The molecule has 18 heavy (non-hydrogen) atoms. The molecule has 0 atom stereocenters. The van der Waals surface area contributed by atoms with Crippen molar-refractivity contribution in [2.24, 2.45) is 0 Å². The number of carbonyl (C=O) groups is 2. The van der Waals surface area contributed by atoms with Crippen LogP contribution in [-0.4, -0.2) is 20.5 Å². The molecule has 90 valence electrons. The monoisotopic (exact) mass is 279 g/mol. The highest BCUT2D eigenvalue weighted by atomic mass is 35.5. The Morgan fingerprint density at radius 3 is 2.94 bits per heavy atom. The van der Waals surface area contributed by atoms with Gasteiger partial charge >= 0.3 is 0 Å². The molecular formula is C11H6ClN3O2S. The van der Waals surface area contributed by atoms with Crippen LogP contribution in [-0.2, 0) is 4.79 Å². The third-order valence-corrected chi connectivity index (χ3v) is 3.51. The summed E-state index contributed by atoms with van der Waals surface area (Å²) in [6, 6.07) is 3.60. The van der Waals surface area contributed by atoms with Gasteiger partial charge in [-0.05, 0) is 35.5 Å². The van der Waals surface area contributed by atoms with Gasteiger partial charge in [0.15, 0.2) is 0 Å². The Hall–Kier alpha value is -1.79. The molecule has 2 amide bonds. The summed E-state index contributed by atoms with van der Waals surface area (Å²) < 4.78 is 1.70. The van der Waals surface area contributed by atoms with Gasteiger partial charge in [-0.3, -0.25) is 19.3 Å². The molecule has 0 aliphatic carbocycles. The fourth-order valence-electron chi connectivity index (χ4n) is 1.63. The van der Waals surface area contributed by atoms with Crippen molar-refractivity contribution in [2.75, 3.05) is 0 Å². The second kappa shape index (κ2) is 4.15. The lowest BCUT2D eigenvalue weighted by atomic mass is 10.2. The van der Waals surface area contributed by atoms with Crippen LogP contribution in [0.1, 0.15) is 5.56 Å². The lowest BCUT2D eigenvalue weighted by Gasteiger charge is -1.98. The lowest BCUT2D eigenvalue weighted by Crippen LogP contribution is -2.17. The summed E-state index contributed by atoms with van der Waals surface area (Å²) in [6.45, 7) is 0. The predicted molar refractivity (Wildman–Crippen MR) is 69.3 cm³/mol. The first kappa shape index (κ1) is 11.3. The molecule has 3 rings (SSSR count). The van der Waals surface area contributed by atoms with E-state index in [4.69, 9.17) is 11.6 Å². The smallest absolute Gasteiger partial charge is 0.290 e. The zero-order valence-electron chi connectivity index (χ0n) is 8.88. The first-order valence-corrected chi connectivity index (χ1v) is 6.20. The second-order valence-electron chi connectivity index (χ2n) is 3.62. The molecule has 0 aromatic carbocycles. The minimum absolute atomic E-state index is 0.354. The Balaban J connectivity index is 2.04. The van der Waals surface area contributed by atoms with Gasteiger partial charge in [-0.2, -0.15) is 0 Å². The molecule has 3 heterocycles. The van der Waals surface area contributed by atoms with E-state index in [0.29, 0.717) is 10.1 Å². The minimum atomic E-state index is -0.373.